The first-order chi connectivity index (χ1) is 12.0. The second-order valence-corrected chi connectivity index (χ2v) is 5.21. The Balaban J connectivity index is 2.11. The predicted molar refractivity (Wildman–Crippen MR) is 94.0 cm³/mol. The molecule has 0 radical (unpaired) electrons. The third kappa shape index (κ3) is 4.69. The summed E-state index contributed by atoms with van der Waals surface area (Å²) in [6, 6.07) is 17.8. The zero-order valence-electron chi connectivity index (χ0n) is 13.7. The molecule has 25 heavy (non-hydrogen) atoms. The summed E-state index contributed by atoms with van der Waals surface area (Å²) in [4.78, 5) is 24.2. The first-order valence-electron chi connectivity index (χ1n) is 7.50. The molecule has 0 amide bonds. The van der Waals surface area contributed by atoms with Crippen LogP contribution in [0.25, 0.3) is 0 Å². The molecule has 0 saturated heterocycles. The van der Waals surface area contributed by atoms with Gasteiger partial charge in [-0.1, -0.05) is 30.3 Å². The summed E-state index contributed by atoms with van der Waals surface area (Å²) in [7, 11) is 0. The standard InChI is InChI=1S/C19H17N3O3/c1-13(21)16(11-20)18(23)12-25-19(24)15-9-5-6-10-17(15)22-14-7-3-2-4-8-14/h2-10,22H,12,21H2,1H3/b16-13-. The van der Waals surface area contributed by atoms with E-state index in [1.54, 1.807) is 30.3 Å². The number of nitrogens with two attached hydrogens (primary N) is 1. The Bertz CT molecular complexity index is 848. The highest BCUT2D eigenvalue weighted by Crippen LogP contribution is 2.21. The molecule has 2 aromatic carbocycles. The molecule has 6 heteroatoms. The van der Waals surface area contributed by atoms with Crippen LogP contribution in [0, 0.1) is 11.3 Å². The first-order valence-corrected chi connectivity index (χ1v) is 7.50. The average molecular weight is 335 g/mol. The molecule has 6 nitrogen and oxygen atoms in total. The van der Waals surface area contributed by atoms with Gasteiger partial charge in [-0.05, 0) is 31.2 Å². The SMILES string of the molecule is C/C(N)=C(\C#N)C(=O)COC(=O)c1ccccc1Nc1ccccc1. The number of para-hydroxylation sites is 2. The number of hydrogen-bond donors (Lipinski definition) is 2. The van der Waals surface area contributed by atoms with Gasteiger partial charge in [-0.25, -0.2) is 4.79 Å². The first kappa shape index (κ1) is 17.8. The molecule has 2 aromatic rings. The van der Waals surface area contributed by atoms with Gasteiger partial charge in [0.05, 0.1) is 11.3 Å². The maximum atomic E-state index is 12.3. The van der Waals surface area contributed by atoms with Gasteiger partial charge in [0.2, 0.25) is 5.78 Å². The summed E-state index contributed by atoms with van der Waals surface area (Å²) in [5.41, 5.74) is 7.00. The number of ketones is 1. The van der Waals surface area contributed by atoms with Crippen molar-refractivity contribution in [2.75, 3.05) is 11.9 Å². The Hall–Kier alpha value is -3.59. The quantitative estimate of drug-likeness (QED) is 0.478. The molecule has 0 heterocycles. The number of nitrogens with zero attached hydrogens (tertiary/aromatic N) is 1. The number of anilines is 2. The van der Waals surface area contributed by atoms with Gasteiger partial charge < -0.3 is 15.8 Å². The van der Waals surface area contributed by atoms with Crippen LogP contribution in [-0.4, -0.2) is 18.4 Å². The van der Waals surface area contributed by atoms with Gasteiger partial charge in [0.15, 0.2) is 6.61 Å². The van der Waals surface area contributed by atoms with Gasteiger partial charge in [-0.15, -0.1) is 0 Å². The van der Waals surface area contributed by atoms with Crippen LogP contribution < -0.4 is 11.1 Å². The van der Waals surface area contributed by atoms with E-state index < -0.39 is 18.4 Å². The van der Waals surface area contributed by atoms with Crippen molar-refractivity contribution in [2.24, 2.45) is 5.73 Å². The van der Waals surface area contributed by atoms with E-state index in [9.17, 15) is 9.59 Å². The predicted octanol–water partition coefficient (Wildman–Crippen LogP) is 2.91. The molecule has 0 atom stereocenters. The third-order valence-corrected chi connectivity index (χ3v) is 3.32. The Morgan fingerprint density at radius 2 is 1.76 bits per heavy atom. The van der Waals surface area contributed by atoms with E-state index >= 15 is 0 Å². The zero-order valence-corrected chi connectivity index (χ0v) is 13.7. The number of hydrogen-bond acceptors (Lipinski definition) is 6. The number of ether oxygens (including phenoxy) is 1. The maximum Gasteiger partial charge on any atom is 0.340 e. The molecule has 0 aromatic heterocycles. The molecule has 0 aliphatic heterocycles. The molecule has 0 aliphatic carbocycles. The highest BCUT2D eigenvalue weighted by molar-refractivity contribution is 6.03. The van der Waals surface area contributed by atoms with E-state index in [0.29, 0.717) is 5.69 Å². The highest BCUT2D eigenvalue weighted by atomic mass is 16.5. The van der Waals surface area contributed by atoms with Crippen LogP contribution in [0.5, 0.6) is 0 Å². The zero-order chi connectivity index (χ0) is 18.2. The average Bonchev–Trinajstić information content (AvgIpc) is 2.61. The van der Waals surface area contributed by atoms with Crippen LogP contribution in [-0.2, 0) is 9.53 Å². The monoisotopic (exact) mass is 335 g/mol. The lowest BCUT2D eigenvalue weighted by Gasteiger charge is -2.11. The lowest BCUT2D eigenvalue weighted by atomic mass is 10.1. The smallest absolute Gasteiger partial charge is 0.340 e. The number of esters is 1. The molecule has 0 saturated carbocycles. The van der Waals surface area contributed by atoms with Crippen molar-refractivity contribution in [3.8, 4) is 6.07 Å². The third-order valence-electron chi connectivity index (χ3n) is 3.32. The lowest BCUT2D eigenvalue weighted by Crippen LogP contribution is -2.18. The van der Waals surface area contributed by atoms with E-state index in [1.807, 2.05) is 30.3 Å². The van der Waals surface area contributed by atoms with E-state index in [4.69, 9.17) is 15.7 Å². The van der Waals surface area contributed by atoms with E-state index in [1.165, 1.54) is 6.92 Å². The van der Waals surface area contributed by atoms with E-state index in [2.05, 4.69) is 5.32 Å². The molecule has 0 fully saturated rings. The molecule has 3 N–H and O–H groups in total. The van der Waals surface area contributed by atoms with Gasteiger partial charge in [0.25, 0.3) is 0 Å². The minimum Gasteiger partial charge on any atom is -0.454 e. The summed E-state index contributed by atoms with van der Waals surface area (Å²) in [6.07, 6.45) is 0. The minimum absolute atomic E-state index is 0.0923. The molecular formula is C19H17N3O3. The second-order valence-electron chi connectivity index (χ2n) is 5.21. The van der Waals surface area contributed by atoms with Crippen LogP contribution >= 0.6 is 0 Å². The Morgan fingerprint density at radius 3 is 2.40 bits per heavy atom. The molecule has 126 valence electrons. The van der Waals surface area contributed by atoms with Gasteiger partial charge in [0.1, 0.15) is 11.6 Å². The fraction of sp³-hybridized carbons (Fsp3) is 0.105. The van der Waals surface area contributed by atoms with Crippen molar-refractivity contribution < 1.29 is 14.3 Å². The van der Waals surface area contributed by atoms with Crippen molar-refractivity contribution in [3.63, 3.8) is 0 Å². The largest absolute Gasteiger partial charge is 0.454 e. The Kier molecular flexibility index (Phi) is 5.91. The minimum atomic E-state index is -0.667. The van der Waals surface area contributed by atoms with Crippen molar-refractivity contribution in [2.45, 2.75) is 6.92 Å². The summed E-state index contributed by atoms with van der Waals surface area (Å²) >= 11 is 0. The highest BCUT2D eigenvalue weighted by Gasteiger charge is 2.17. The Labute approximate surface area is 145 Å². The van der Waals surface area contributed by atoms with Crippen LogP contribution in [0.3, 0.4) is 0 Å². The summed E-state index contributed by atoms with van der Waals surface area (Å²) in [5.74, 6) is -1.30. The maximum absolute atomic E-state index is 12.3. The Morgan fingerprint density at radius 1 is 1.12 bits per heavy atom. The fourth-order valence-electron chi connectivity index (χ4n) is 2.10. The van der Waals surface area contributed by atoms with E-state index in [0.717, 1.165) is 5.69 Å². The van der Waals surface area contributed by atoms with Crippen LogP contribution in [0.2, 0.25) is 0 Å². The number of Topliss-reactive ketones (excluding diaryl/α,β-unsaturated/α-hetero) is 1. The molecule has 0 aliphatic rings. The van der Waals surface area contributed by atoms with Crippen molar-refractivity contribution in [1.82, 2.24) is 0 Å². The van der Waals surface area contributed by atoms with Gasteiger partial charge in [-0.3, -0.25) is 4.79 Å². The van der Waals surface area contributed by atoms with Crippen LogP contribution in [0.15, 0.2) is 65.9 Å². The van der Waals surface area contributed by atoms with E-state index in [-0.39, 0.29) is 16.8 Å². The fourth-order valence-corrected chi connectivity index (χ4v) is 2.10. The van der Waals surface area contributed by atoms with Gasteiger partial charge in [-0.2, -0.15) is 5.26 Å². The number of benzene rings is 2. The second kappa shape index (κ2) is 8.31. The van der Waals surface area contributed by atoms with Gasteiger partial charge in [0, 0.05) is 11.4 Å². The molecule has 2 rings (SSSR count). The summed E-state index contributed by atoms with van der Waals surface area (Å²) < 4.78 is 5.03. The number of rotatable bonds is 6. The number of allylic oxidation sites excluding steroid dienone is 1. The summed E-state index contributed by atoms with van der Waals surface area (Å²) in [5, 5.41) is 12.0. The molecule has 0 unspecified atom stereocenters. The lowest BCUT2D eigenvalue weighted by molar-refractivity contribution is -0.118. The molecule has 0 bridgehead atoms. The number of nitrogens with one attached hydrogen (secondary N) is 1. The van der Waals surface area contributed by atoms with Crippen LogP contribution in [0.4, 0.5) is 11.4 Å². The van der Waals surface area contributed by atoms with Crippen LogP contribution in [0.1, 0.15) is 17.3 Å². The van der Waals surface area contributed by atoms with Crippen molar-refractivity contribution in [3.05, 3.63) is 71.4 Å². The summed E-state index contributed by atoms with van der Waals surface area (Å²) in [6.45, 7) is 0.896. The molecular weight excluding hydrogens is 318 g/mol. The number of carbonyl (C=O) groups is 2. The van der Waals surface area contributed by atoms with Gasteiger partial charge >= 0.3 is 5.97 Å². The number of carbonyl (C=O) groups excluding carboxylic acids is 2. The normalized spacial score (nSPS) is 11.0. The van der Waals surface area contributed by atoms with Crippen molar-refractivity contribution >= 4 is 23.1 Å². The number of nitriles is 1. The van der Waals surface area contributed by atoms with Crippen molar-refractivity contribution in [1.29, 1.82) is 5.26 Å². The molecule has 0 spiro atoms. The topological polar surface area (TPSA) is 105 Å².